The Balaban J connectivity index is 1.97. The number of phenolic OH excluding ortho intramolecular Hbond substituents is 1. The maximum absolute atomic E-state index is 12.3. The first-order chi connectivity index (χ1) is 12.2. The number of hydrogen-bond donors (Lipinski definition) is 1. The first kappa shape index (κ1) is 16.0. The van der Waals surface area contributed by atoms with E-state index in [2.05, 4.69) is 4.57 Å². The van der Waals surface area contributed by atoms with Crippen LogP contribution in [0.2, 0.25) is 0 Å². The lowest BCUT2D eigenvalue weighted by Gasteiger charge is -2.23. The monoisotopic (exact) mass is 337 g/mol. The van der Waals surface area contributed by atoms with Crippen molar-refractivity contribution in [3.63, 3.8) is 0 Å². The number of benzene rings is 2. The molecule has 4 rings (SSSR count). The van der Waals surface area contributed by atoms with Crippen LogP contribution >= 0.6 is 0 Å². The maximum atomic E-state index is 12.3. The summed E-state index contributed by atoms with van der Waals surface area (Å²) < 4.78 is 7.23. The van der Waals surface area contributed by atoms with E-state index >= 15 is 0 Å². The zero-order valence-electron chi connectivity index (χ0n) is 14.5. The lowest BCUT2D eigenvalue weighted by Crippen LogP contribution is -2.14. The van der Waals surface area contributed by atoms with E-state index in [4.69, 9.17) is 4.74 Å². The minimum absolute atomic E-state index is 0.209. The Labute approximate surface area is 147 Å². The van der Waals surface area contributed by atoms with Crippen LogP contribution in [-0.2, 0) is 11.3 Å². The number of carbonyl (C=O) groups is 1. The molecule has 0 spiro atoms. The van der Waals surface area contributed by atoms with E-state index in [1.54, 1.807) is 12.1 Å². The highest BCUT2D eigenvalue weighted by Gasteiger charge is 2.22. The average Bonchev–Trinajstić information content (AvgIpc) is 2.97. The Morgan fingerprint density at radius 3 is 2.48 bits per heavy atom. The van der Waals surface area contributed by atoms with Crippen molar-refractivity contribution in [1.29, 1.82) is 0 Å². The second-order valence-corrected chi connectivity index (χ2v) is 6.98. The number of fused-ring (bicyclic) bond motifs is 3. The zero-order chi connectivity index (χ0) is 17.4. The van der Waals surface area contributed by atoms with E-state index in [1.807, 2.05) is 24.3 Å². The number of methoxy groups -OCH3 is 1. The molecule has 3 aromatic rings. The van der Waals surface area contributed by atoms with E-state index in [0.717, 1.165) is 28.4 Å². The fourth-order valence-electron chi connectivity index (χ4n) is 4.27. The van der Waals surface area contributed by atoms with E-state index in [0.29, 0.717) is 11.5 Å². The zero-order valence-corrected chi connectivity index (χ0v) is 14.5. The SMILES string of the molecule is COC(=O)c1cccc2c1c1c(O)cccc1n2CC1CCCCC1. The number of rotatable bonds is 3. The second-order valence-electron chi connectivity index (χ2n) is 6.98. The van der Waals surface area contributed by atoms with Crippen LogP contribution in [0.5, 0.6) is 5.75 Å². The molecule has 2 aromatic carbocycles. The predicted molar refractivity (Wildman–Crippen MR) is 99.0 cm³/mol. The molecular formula is C21H23NO3. The molecule has 130 valence electrons. The molecule has 1 aromatic heterocycles. The number of carbonyl (C=O) groups excluding carboxylic acids is 1. The van der Waals surface area contributed by atoms with Crippen LogP contribution in [0, 0.1) is 5.92 Å². The van der Waals surface area contributed by atoms with Gasteiger partial charge in [0.1, 0.15) is 5.75 Å². The van der Waals surface area contributed by atoms with Crippen molar-refractivity contribution >= 4 is 27.8 Å². The van der Waals surface area contributed by atoms with Crippen LogP contribution < -0.4 is 0 Å². The van der Waals surface area contributed by atoms with Crippen LogP contribution in [0.1, 0.15) is 42.5 Å². The van der Waals surface area contributed by atoms with Gasteiger partial charge in [0.15, 0.2) is 0 Å². The normalized spacial score (nSPS) is 15.7. The van der Waals surface area contributed by atoms with Crippen LogP contribution in [0.4, 0.5) is 0 Å². The van der Waals surface area contributed by atoms with Crippen LogP contribution in [0.25, 0.3) is 21.8 Å². The summed E-state index contributed by atoms with van der Waals surface area (Å²) in [4.78, 5) is 12.3. The molecule has 0 amide bonds. The minimum atomic E-state index is -0.370. The maximum Gasteiger partial charge on any atom is 0.338 e. The Morgan fingerprint density at radius 1 is 1.08 bits per heavy atom. The molecule has 4 heteroatoms. The van der Waals surface area contributed by atoms with Crippen molar-refractivity contribution in [3.05, 3.63) is 42.0 Å². The van der Waals surface area contributed by atoms with E-state index in [-0.39, 0.29) is 11.7 Å². The van der Waals surface area contributed by atoms with Gasteiger partial charge in [0.25, 0.3) is 0 Å². The van der Waals surface area contributed by atoms with E-state index in [1.165, 1.54) is 39.2 Å². The highest BCUT2D eigenvalue weighted by molar-refractivity contribution is 6.18. The predicted octanol–water partition coefficient (Wildman–Crippen LogP) is 4.87. The highest BCUT2D eigenvalue weighted by atomic mass is 16.5. The Bertz CT molecular complexity index is 935. The Morgan fingerprint density at radius 2 is 1.76 bits per heavy atom. The average molecular weight is 337 g/mol. The van der Waals surface area contributed by atoms with Gasteiger partial charge in [0.2, 0.25) is 0 Å². The Kier molecular flexibility index (Phi) is 4.12. The van der Waals surface area contributed by atoms with Crippen molar-refractivity contribution < 1.29 is 14.6 Å². The van der Waals surface area contributed by atoms with Crippen molar-refractivity contribution in [2.45, 2.75) is 38.6 Å². The standard InChI is InChI=1S/C21H23NO3/c1-25-21(24)15-9-5-10-16-19(15)20-17(11-6-12-18(20)23)22(16)13-14-7-3-2-4-8-14/h5-6,9-12,14,23H,2-4,7-8,13H2,1H3. The Hall–Kier alpha value is -2.49. The molecule has 1 aliphatic carbocycles. The molecule has 0 radical (unpaired) electrons. The minimum Gasteiger partial charge on any atom is -0.507 e. The second kappa shape index (κ2) is 6.43. The largest absolute Gasteiger partial charge is 0.507 e. The van der Waals surface area contributed by atoms with Crippen LogP contribution in [-0.4, -0.2) is 22.8 Å². The third kappa shape index (κ3) is 2.66. The smallest absolute Gasteiger partial charge is 0.338 e. The third-order valence-corrected chi connectivity index (χ3v) is 5.47. The lowest BCUT2D eigenvalue weighted by molar-refractivity contribution is 0.0603. The van der Waals surface area contributed by atoms with Crippen LogP contribution in [0.15, 0.2) is 36.4 Å². The van der Waals surface area contributed by atoms with Gasteiger partial charge in [-0.15, -0.1) is 0 Å². The molecule has 1 saturated carbocycles. The number of nitrogens with zero attached hydrogens (tertiary/aromatic N) is 1. The summed E-state index contributed by atoms with van der Waals surface area (Å²) in [7, 11) is 1.39. The third-order valence-electron chi connectivity index (χ3n) is 5.47. The van der Waals surface area contributed by atoms with Gasteiger partial charge >= 0.3 is 5.97 Å². The number of phenols is 1. The topological polar surface area (TPSA) is 51.5 Å². The number of hydrogen-bond acceptors (Lipinski definition) is 3. The molecule has 0 saturated heterocycles. The summed E-state index contributed by atoms with van der Waals surface area (Å²) in [5, 5.41) is 12.0. The number of ether oxygens (including phenoxy) is 1. The van der Waals surface area contributed by atoms with Crippen molar-refractivity contribution in [2.24, 2.45) is 5.92 Å². The summed E-state index contributed by atoms with van der Waals surface area (Å²) >= 11 is 0. The molecule has 1 aliphatic rings. The van der Waals surface area contributed by atoms with E-state index < -0.39 is 0 Å². The molecule has 0 bridgehead atoms. The summed E-state index contributed by atoms with van der Waals surface area (Å²) in [6, 6.07) is 11.3. The molecule has 4 nitrogen and oxygen atoms in total. The summed E-state index contributed by atoms with van der Waals surface area (Å²) in [6.07, 6.45) is 6.41. The number of aromatic hydroxyl groups is 1. The summed E-state index contributed by atoms with van der Waals surface area (Å²) in [6.45, 7) is 0.925. The van der Waals surface area contributed by atoms with Crippen molar-refractivity contribution in [1.82, 2.24) is 4.57 Å². The van der Waals surface area contributed by atoms with Crippen LogP contribution in [0.3, 0.4) is 0 Å². The highest BCUT2D eigenvalue weighted by Crippen LogP contribution is 2.38. The van der Waals surface area contributed by atoms with E-state index in [9.17, 15) is 9.90 Å². The molecule has 1 heterocycles. The first-order valence-corrected chi connectivity index (χ1v) is 9.02. The molecular weight excluding hydrogens is 314 g/mol. The van der Waals surface area contributed by atoms with Crippen molar-refractivity contribution in [2.75, 3.05) is 7.11 Å². The molecule has 0 aliphatic heterocycles. The molecule has 1 fully saturated rings. The quantitative estimate of drug-likeness (QED) is 0.694. The summed E-state index contributed by atoms with van der Waals surface area (Å²) in [5.74, 6) is 0.489. The van der Waals surface area contributed by atoms with Gasteiger partial charge in [0.05, 0.1) is 29.1 Å². The first-order valence-electron chi connectivity index (χ1n) is 9.02. The van der Waals surface area contributed by atoms with Gasteiger partial charge in [-0.2, -0.15) is 0 Å². The van der Waals surface area contributed by atoms with Gasteiger partial charge in [-0.25, -0.2) is 4.79 Å². The fraction of sp³-hybridized carbons (Fsp3) is 0.381. The summed E-state index contributed by atoms with van der Waals surface area (Å²) in [5.41, 5.74) is 2.48. The molecule has 25 heavy (non-hydrogen) atoms. The van der Waals surface area contributed by atoms with Gasteiger partial charge in [-0.3, -0.25) is 0 Å². The van der Waals surface area contributed by atoms with Crippen molar-refractivity contribution in [3.8, 4) is 5.75 Å². The molecule has 0 atom stereocenters. The van der Waals surface area contributed by atoms with Gasteiger partial charge in [-0.05, 0) is 43.0 Å². The number of esters is 1. The molecule has 1 N–H and O–H groups in total. The molecule has 0 unspecified atom stereocenters. The van der Waals surface area contributed by atoms with Gasteiger partial charge in [0, 0.05) is 11.9 Å². The van der Waals surface area contributed by atoms with Gasteiger partial charge < -0.3 is 14.4 Å². The van der Waals surface area contributed by atoms with Gasteiger partial charge in [-0.1, -0.05) is 31.4 Å². The lowest BCUT2D eigenvalue weighted by atomic mass is 9.89. The number of aromatic nitrogens is 1. The fourth-order valence-corrected chi connectivity index (χ4v) is 4.27.